The highest BCUT2D eigenvalue weighted by Crippen LogP contribution is 2.11. The lowest BCUT2D eigenvalue weighted by Gasteiger charge is -1.98. The molecule has 0 heterocycles. The Morgan fingerprint density at radius 2 is 0.515 bits per heavy atom. The van der Waals surface area contributed by atoms with Crippen molar-refractivity contribution in [3.8, 4) is 0 Å². The number of aliphatic hydroxyl groups excluding tert-OH is 3. The second-order valence-corrected chi connectivity index (χ2v) is 17.1. The lowest BCUT2D eigenvalue weighted by atomic mass is 10.1. The molecule has 0 fully saturated rings. The Hall–Kier alpha value is -3.27. The molecule has 0 aliphatic rings. The number of allylic oxidation sites excluding steroid dienone is 12. The van der Waals surface area contributed by atoms with Crippen molar-refractivity contribution in [3.05, 3.63) is 72.9 Å². The molecule has 0 saturated carbocycles. The van der Waals surface area contributed by atoms with E-state index in [2.05, 4.69) is 93.7 Å². The number of aliphatic carboxylic acids is 3. The number of carbonyl (C=O) groups is 3. The maximum atomic E-state index is 10.3. The van der Waals surface area contributed by atoms with Crippen LogP contribution in [-0.2, 0) is 14.4 Å². The van der Waals surface area contributed by atoms with Crippen molar-refractivity contribution < 1.29 is 45.0 Å². The number of aliphatic hydroxyl groups is 3. The Balaban J connectivity index is -0.000000410. The molecule has 0 aromatic heterocycles. The highest BCUT2D eigenvalue weighted by atomic mass is 16.4. The first-order valence-electron chi connectivity index (χ1n) is 26.6. The molecule has 0 unspecified atom stereocenters. The minimum absolute atomic E-state index is 0.324. The summed E-state index contributed by atoms with van der Waals surface area (Å²) in [5, 5.41) is 49.5. The fraction of sp³-hybridized carbons (Fsp3) is 0.737. The molecule has 0 aliphatic carbocycles. The van der Waals surface area contributed by atoms with E-state index in [1.165, 1.54) is 135 Å². The highest BCUT2D eigenvalue weighted by Gasteiger charge is 1.98. The summed E-state index contributed by atoms with van der Waals surface area (Å²) >= 11 is 0. The van der Waals surface area contributed by atoms with Gasteiger partial charge in [0.2, 0.25) is 0 Å². The van der Waals surface area contributed by atoms with Crippen LogP contribution in [0.2, 0.25) is 0 Å². The van der Waals surface area contributed by atoms with Crippen LogP contribution in [0.25, 0.3) is 0 Å². The molecule has 386 valence electrons. The first kappa shape index (κ1) is 69.3. The molecule has 0 aromatic carbocycles. The Bertz CT molecular complexity index is 1020. The summed E-state index contributed by atoms with van der Waals surface area (Å²) in [5.41, 5.74) is 0. The molecule has 6 N–H and O–H groups in total. The van der Waals surface area contributed by atoms with Gasteiger partial charge >= 0.3 is 17.9 Å². The van der Waals surface area contributed by atoms with E-state index in [0.717, 1.165) is 77.0 Å². The Labute approximate surface area is 405 Å². The van der Waals surface area contributed by atoms with Crippen LogP contribution in [0.1, 0.15) is 252 Å². The number of hydrogen-bond donors (Lipinski definition) is 6. The molecular formula is C57H104O9. The Kier molecular flexibility index (Phi) is 69.3. The van der Waals surface area contributed by atoms with Crippen LogP contribution in [0.15, 0.2) is 72.9 Å². The predicted molar refractivity (Wildman–Crippen MR) is 281 cm³/mol. The van der Waals surface area contributed by atoms with Gasteiger partial charge < -0.3 is 30.6 Å². The average molecular weight is 933 g/mol. The van der Waals surface area contributed by atoms with E-state index >= 15 is 0 Å². The van der Waals surface area contributed by atoms with Crippen LogP contribution < -0.4 is 0 Å². The van der Waals surface area contributed by atoms with E-state index in [9.17, 15) is 14.4 Å². The molecule has 0 aliphatic heterocycles. The molecule has 0 rings (SSSR count). The number of carboxylic acids is 3. The monoisotopic (exact) mass is 933 g/mol. The van der Waals surface area contributed by atoms with E-state index in [1.54, 1.807) is 0 Å². The summed E-state index contributed by atoms with van der Waals surface area (Å²) in [6.07, 6.45) is 65.9. The smallest absolute Gasteiger partial charge is 0.303 e. The van der Waals surface area contributed by atoms with E-state index in [-0.39, 0.29) is 13.2 Å². The zero-order chi connectivity index (χ0) is 49.7. The van der Waals surface area contributed by atoms with Gasteiger partial charge in [-0.1, -0.05) is 190 Å². The van der Waals surface area contributed by atoms with Crippen LogP contribution in [0.3, 0.4) is 0 Å². The predicted octanol–water partition coefficient (Wildman–Crippen LogP) is 16.0. The highest BCUT2D eigenvalue weighted by molar-refractivity contribution is 5.67. The van der Waals surface area contributed by atoms with Crippen molar-refractivity contribution in [2.24, 2.45) is 0 Å². The summed E-state index contributed by atoms with van der Waals surface area (Å²) in [5.74, 6) is -2.01. The third kappa shape index (κ3) is 81.0. The number of unbranched alkanes of at least 4 members (excludes halogenated alkanes) is 24. The van der Waals surface area contributed by atoms with Crippen LogP contribution in [0.5, 0.6) is 0 Å². The fourth-order valence-electron chi connectivity index (χ4n) is 6.32. The SMILES string of the molecule is CCCCC/C=C\C/C=C\CCCCCCCC(=O)O.CCCCC/C=C\C/C=C\CCCCCCCC(=O)O.CCCCC/C=C\C/C=C\CCCCCCCC(=O)O.OCC(O)CO. The third-order valence-corrected chi connectivity index (χ3v) is 10.4. The lowest BCUT2D eigenvalue weighted by molar-refractivity contribution is -0.138. The quantitative estimate of drug-likeness (QED) is 0.0257. The number of carboxylic acid groups (broad SMARTS) is 3. The molecule has 0 bridgehead atoms. The van der Waals surface area contributed by atoms with Crippen molar-refractivity contribution in [1.29, 1.82) is 0 Å². The number of hydrogen-bond acceptors (Lipinski definition) is 6. The topological polar surface area (TPSA) is 173 Å². The van der Waals surface area contributed by atoms with Crippen molar-refractivity contribution in [2.45, 2.75) is 258 Å². The van der Waals surface area contributed by atoms with Crippen molar-refractivity contribution in [3.63, 3.8) is 0 Å². The lowest BCUT2D eigenvalue weighted by Crippen LogP contribution is -2.15. The molecular weight excluding hydrogens is 829 g/mol. The molecule has 0 atom stereocenters. The molecule has 0 spiro atoms. The van der Waals surface area contributed by atoms with Gasteiger partial charge in [-0.2, -0.15) is 0 Å². The van der Waals surface area contributed by atoms with Crippen LogP contribution in [0.4, 0.5) is 0 Å². The summed E-state index contributed by atoms with van der Waals surface area (Å²) in [6.45, 7) is 5.98. The Morgan fingerprint density at radius 1 is 0.318 bits per heavy atom. The summed E-state index contributed by atoms with van der Waals surface area (Å²) in [4.78, 5) is 31.0. The summed E-state index contributed by atoms with van der Waals surface area (Å²) in [6, 6.07) is 0. The number of rotatable bonds is 44. The molecule has 0 saturated heterocycles. The zero-order valence-electron chi connectivity index (χ0n) is 42.8. The van der Waals surface area contributed by atoms with E-state index < -0.39 is 24.0 Å². The molecule has 66 heavy (non-hydrogen) atoms. The second kappa shape index (κ2) is 66.0. The molecule has 0 amide bonds. The van der Waals surface area contributed by atoms with Crippen LogP contribution in [-0.4, -0.2) is 67.9 Å². The summed E-state index contributed by atoms with van der Waals surface area (Å²) in [7, 11) is 0. The van der Waals surface area contributed by atoms with Gasteiger partial charge in [-0.25, -0.2) is 0 Å². The Morgan fingerprint density at radius 3 is 0.697 bits per heavy atom. The van der Waals surface area contributed by atoms with Gasteiger partial charge in [0.05, 0.1) is 13.2 Å². The molecule has 0 aromatic rings. The van der Waals surface area contributed by atoms with Crippen molar-refractivity contribution in [1.82, 2.24) is 0 Å². The first-order valence-corrected chi connectivity index (χ1v) is 26.6. The van der Waals surface area contributed by atoms with E-state index in [4.69, 9.17) is 30.6 Å². The summed E-state index contributed by atoms with van der Waals surface area (Å²) < 4.78 is 0. The van der Waals surface area contributed by atoms with Gasteiger partial charge in [-0.15, -0.1) is 0 Å². The standard InChI is InChI=1S/3C18H32O2.C3H8O3/c3*1-2-3-4-5-6-7-8-9-10-11-12-13-14-15-16-17-18(19)20;4-1-3(6)2-5/h3*6-7,9-10H,2-5,8,11-17H2,1H3,(H,19,20);3-6H,1-2H2/b3*7-6-,10-9-;. The minimum Gasteiger partial charge on any atom is -0.481 e. The maximum absolute atomic E-state index is 10.3. The van der Waals surface area contributed by atoms with Gasteiger partial charge in [-0.3, -0.25) is 14.4 Å². The molecule has 9 nitrogen and oxygen atoms in total. The average Bonchev–Trinajstić information content (AvgIpc) is 3.30. The van der Waals surface area contributed by atoms with E-state index in [0.29, 0.717) is 19.3 Å². The van der Waals surface area contributed by atoms with E-state index in [1.807, 2.05) is 0 Å². The van der Waals surface area contributed by atoms with Crippen LogP contribution >= 0.6 is 0 Å². The first-order chi connectivity index (χ1) is 32.1. The van der Waals surface area contributed by atoms with Crippen molar-refractivity contribution in [2.75, 3.05) is 13.2 Å². The molecule has 9 heteroatoms. The largest absolute Gasteiger partial charge is 0.481 e. The van der Waals surface area contributed by atoms with Crippen molar-refractivity contribution >= 4 is 17.9 Å². The second-order valence-electron chi connectivity index (χ2n) is 17.1. The minimum atomic E-state index is -0.954. The fourth-order valence-corrected chi connectivity index (χ4v) is 6.32. The van der Waals surface area contributed by atoms with Gasteiger partial charge in [0.25, 0.3) is 0 Å². The maximum Gasteiger partial charge on any atom is 0.303 e. The van der Waals surface area contributed by atoms with Crippen LogP contribution in [0, 0.1) is 0 Å². The van der Waals surface area contributed by atoms with Gasteiger partial charge in [0.15, 0.2) is 0 Å². The van der Waals surface area contributed by atoms with Gasteiger partial charge in [0, 0.05) is 19.3 Å². The third-order valence-electron chi connectivity index (χ3n) is 10.4. The normalized spacial score (nSPS) is 11.5. The zero-order valence-corrected chi connectivity index (χ0v) is 42.8. The van der Waals surface area contributed by atoms with Gasteiger partial charge in [-0.05, 0) is 116 Å². The molecule has 0 radical (unpaired) electrons. The van der Waals surface area contributed by atoms with Gasteiger partial charge in [0.1, 0.15) is 6.10 Å².